The molecule has 1 heterocycles. The molecule has 0 amide bonds. The maximum atomic E-state index is 6.55. The van der Waals surface area contributed by atoms with Gasteiger partial charge in [-0.3, -0.25) is 5.01 Å². The van der Waals surface area contributed by atoms with Crippen molar-refractivity contribution in [3.8, 4) is 0 Å². The molecule has 0 aromatic rings. The lowest BCUT2D eigenvalue weighted by Crippen LogP contribution is -2.50. The van der Waals surface area contributed by atoms with Crippen molar-refractivity contribution < 1.29 is 0 Å². The molecule has 230 valence electrons. The van der Waals surface area contributed by atoms with Crippen molar-refractivity contribution in [1.82, 2.24) is 10.3 Å². The molecule has 0 radical (unpaired) electrons. The Morgan fingerprint density at radius 1 is 1.00 bits per heavy atom. The van der Waals surface area contributed by atoms with Crippen molar-refractivity contribution >= 4 is 0 Å². The summed E-state index contributed by atoms with van der Waals surface area (Å²) in [6.45, 7) is 32.8. The van der Waals surface area contributed by atoms with Gasteiger partial charge in [-0.2, -0.15) is 0 Å². The van der Waals surface area contributed by atoms with Crippen LogP contribution in [0.25, 0.3) is 0 Å². The summed E-state index contributed by atoms with van der Waals surface area (Å²) in [5.41, 5.74) is 7.89. The first kappa shape index (κ1) is 39.9. The van der Waals surface area contributed by atoms with E-state index >= 15 is 0 Å². The second kappa shape index (κ2) is 24.5. The lowest BCUT2D eigenvalue weighted by molar-refractivity contribution is 0.265. The Labute approximate surface area is 251 Å². The van der Waals surface area contributed by atoms with E-state index in [-0.39, 0.29) is 6.17 Å². The summed E-state index contributed by atoms with van der Waals surface area (Å²) in [7, 11) is 0. The fourth-order valence-electron chi connectivity index (χ4n) is 4.60. The van der Waals surface area contributed by atoms with E-state index in [0.29, 0.717) is 0 Å². The van der Waals surface area contributed by atoms with Gasteiger partial charge in [0.25, 0.3) is 0 Å². The number of nitrogens with two attached hydrogens (primary N) is 1. The Balaban J connectivity index is 0. The number of allylic oxidation sites excluding steroid dienone is 8. The Hall–Kier alpha value is -2.26. The zero-order valence-corrected chi connectivity index (χ0v) is 28.2. The number of nitrogens with zero attached hydrogens (tertiary/aromatic N) is 1. The molecule has 1 aliphatic heterocycles. The molecular weight excluding hydrogens is 486 g/mol. The molecule has 3 rings (SSSR count). The molecule has 2 fully saturated rings. The summed E-state index contributed by atoms with van der Waals surface area (Å²) < 4.78 is 0. The SMILES string of the molecule is C=C.C=C(C)C1CCC1.C=C/C(=C\C=C(/C)CCC)N(N)C1NC(CCCCC)=C(C2CC2)C=C1C.CC.CC. The van der Waals surface area contributed by atoms with Crippen molar-refractivity contribution in [2.24, 2.45) is 17.7 Å². The van der Waals surface area contributed by atoms with Crippen molar-refractivity contribution in [1.29, 1.82) is 0 Å². The van der Waals surface area contributed by atoms with Gasteiger partial charge in [0.2, 0.25) is 0 Å². The topological polar surface area (TPSA) is 41.3 Å². The average Bonchev–Trinajstić information content (AvgIpc) is 3.78. The summed E-state index contributed by atoms with van der Waals surface area (Å²) in [5.74, 6) is 8.19. The van der Waals surface area contributed by atoms with E-state index in [2.05, 4.69) is 84.5 Å². The number of hydrogen-bond acceptors (Lipinski definition) is 3. The van der Waals surface area contributed by atoms with Crippen LogP contribution in [0.3, 0.4) is 0 Å². The van der Waals surface area contributed by atoms with Gasteiger partial charge in [-0.1, -0.05) is 104 Å². The number of hydrazine groups is 1. The van der Waals surface area contributed by atoms with Gasteiger partial charge in [-0.25, -0.2) is 5.84 Å². The highest BCUT2D eigenvalue weighted by Gasteiger charge is 2.32. The average molecular weight is 554 g/mol. The molecule has 3 N–H and O–H groups in total. The predicted molar refractivity (Wildman–Crippen MR) is 184 cm³/mol. The van der Waals surface area contributed by atoms with Crippen LogP contribution < -0.4 is 11.2 Å². The molecule has 3 heteroatoms. The smallest absolute Gasteiger partial charge is 0.136 e. The molecule has 3 aliphatic rings. The molecule has 0 saturated heterocycles. The van der Waals surface area contributed by atoms with Gasteiger partial charge in [0.1, 0.15) is 6.17 Å². The van der Waals surface area contributed by atoms with Gasteiger partial charge in [0, 0.05) is 5.70 Å². The van der Waals surface area contributed by atoms with Crippen molar-refractivity contribution in [2.45, 2.75) is 139 Å². The maximum absolute atomic E-state index is 6.55. The van der Waals surface area contributed by atoms with Crippen LogP contribution in [0.4, 0.5) is 0 Å². The molecule has 0 aromatic carbocycles. The van der Waals surface area contributed by atoms with E-state index < -0.39 is 0 Å². The van der Waals surface area contributed by atoms with Crippen molar-refractivity contribution in [3.05, 3.63) is 84.3 Å². The summed E-state index contributed by atoms with van der Waals surface area (Å²) in [6, 6.07) is 0. The van der Waals surface area contributed by atoms with E-state index in [1.165, 1.54) is 79.4 Å². The Morgan fingerprint density at radius 2 is 1.60 bits per heavy atom. The molecule has 3 nitrogen and oxygen atoms in total. The quantitative estimate of drug-likeness (QED) is 0.0830. The number of hydrogen-bond donors (Lipinski definition) is 2. The zero-order chi connectivity index (χ0) is 31.1. The molecule has 40 heavy (non-hydrogen) atoms. The highest BCUT2D eigenvalue weighted by atomic mass is 15.5. The van der Waals surface area contributed by atoms with E-state index in [9.17, 15) is 0 Å². The molecule has 0 bridgehead atoms. The van der Waals surface area contributed by atoms with E-state index in [0.717, 1.165) is 36.8 Å². The minimum Gasteiger partial charge on any atom is -0.364 e. The molecule has 0 aromatic heterocycles. The normalized spacial score (nSPS) is 18.4. The van der Waals surface area contributed by atoms with Gasteiger partial charge in [-0.05, 0) is 101 Å². The molecule has 2 saturated carbocycles. The van der Waals surface area contributed by atoms with Crippen LogP contribution in [-0.4, -0.2) is 11.2 Å². The number of rotatable bonds is 12. The maximum Gasteiger partial charge on any atom is 0.136 e. The Bertz CT molecular complexity index is 818. The summed E-state index contributed by atoms with van der Waals surface area (Å²) in [5, 5.41) is 5.60. The summed E-state index contributed by atoms with van der Waals surface area (Å²) in [4.78, 5) is 0. The third-order valence-electron chi connectivity index (χ3n) is 7.29. The van der Waals surface area contributed by atoms with Crippen LogP contribution >= 0.6 is 0 Å². The number of unbranched alkanes of at least 4 members (excludes halogenated alkanes) is 2. The van der Waals surface area contributed by atoms with Gasteiger partial charge in [0.15, 0.2) is 0 Å². The van der Waals surface area contributed by atoms with Gasteiger partial charge >= 0.3 is 0 Å². The van der Waals surface area contributed by atoms with Crippen LogP contribution in [0.5, 0.6) is 0 Å². The van der Waals surface area contributed by atoms with Crippen molar-refractivity contribution in [3.63, 3.8) is 0 Å². The van der Waals surface area contributed by atoms with Crippen LogP contribution in [-0.2, 0) is 0 Å². The van der Waals surface area contributed by atoms with E-state index in [1.807, 2.05) is 38.8 Å². The van der Waals surface area contributed by atoms with Crippen molar-refractivity contribution in [2.75, 3.05) is 0 Å². The second-order valence-electron chi connectivity index (χ2n) is 10.5. The summed E-state index contributed by atoms with van der Waals surface area (Å²) >= 11 is 0. The molecule has 2 aliphatic carbocycles. The molecule has 0 spiro atoms. The summed E-state index contributed by atoms with van der Waals surface area (Å²) in [6.07, 6.45) is 22.5. The lowest BCUT2D eigenvalue weighted by atomic mass is 9.81. The first-order valence-electron chi connectivity index (χ1n) is 16.2. The molecule has 1 unspecified atom stereocenters. The second-order valence-corrected chi connectivity index (χ2v) is 10.5. The molecular formula is C37H67N3. The number of dihydropyridines is 1. The minimum absolute atomic E-state index is 0.00624. The fraction of sp³-hybridized carbons (Fsp3) is 0.622. The molecule has 1 atom stereocenters. The minimum atomic E-state index is -0.00624. The zero-order valence-electron chi connectivity index (χ0n) is 28.2. The van der Waals surface area contributed by atoms with E-state index in [4.69, 9.17) is 5.84 Å². The lowest BCUT2D eigenvalue weighted by Gasteiger charge is -2.36. The first-order valence-corrected chi connectivity index (χ1v) is 16.2. The Morgan fingerprint density at radius 3 is 2.00 bits per heavy atom. The van der Waals surface area contributed by atoms with Crippen LogP contribution in [0.2, 0.25) is 0 Å². The largest absolute Gasteiger partial charge is 0.364 e. The standard InChI is InChI=1S/C24H39N3.C7H12.2C2H6.C2H4/c1-6-9-10-12-23-22(20-14-15-20)17-19(5)24(26-23)27(25)21(8-3)16-13-18(4)11-7-2;1-6(2)7-4-3-5-7;3*1-2/h8,13,16-17,20,24,26H,3,6-7,9-12,14-15,25H2,1-2,4-5H3;7H,1,3-5H2,2H3;2*1-2H3;1-2H2/b18-13+,21-16+;;;;. The van der Waals surface area contributed by atoms with Crippen LogP contribution in [0.1, 0.15) is 133 Å². The predicted octanol–water partition coefficient (Wildman–Crippen LogP) is 11.3. The first-order chi connectivity index (χ1) is 19.3. The van der Waals surface area contributed by atoms with Gasteiger partial charge < -0.3 is 5.32 Å². The Kier molecular flexibility index (Phi) is 24.5. The monoisotopic (exact) mass is 554 g/mol. The third kappa shape index (κ3) is 14.9. The van der Waals surface area contributed by atoms with Crippen LogP contribution in [0.15, 0.2) is 84.3 Å². The van der Waals surface area contributed by atoms with Gasteiger partial charge in [0.05, 0.1) is 5.70 Å². The van der Waals surface area contributed by atoms with E-state index in [1.54, 1.807) is 0 Å². The fourth-order valence-corrected chi connectivity index (χ4v) is 4.60. The number of nitrogens with one attached hydrogen (secondary N) is 1. The highest BCUT2D eigenvalue weighted by molar-refractivity contribution is 5.39. The highest BCUT2D eigenvalue weighted by Crippen LogP contribution is 2.41. The van der Waals surface area contributed by atoms with Gasteiger partial charge in [-0.15, -0.1) is 13.2 Å². The third-order valence-corrected chi connectivity index (χ3v) is 7.29. The van der Waals surface area contributed by atoms with Crippen LogP contribution in [0, 0.1) is 11.8 Å².